The van der Waals surface area contributed by atoms with Crippen molar-refractivity contribution in [1.82, 2.24) is 4.98 Å². The predicted octanol–water partition coefficient (Wildman–Crippen LogP) is 2.81. The Kier molecular flexibility index (Phi) is 4.27. The highest BCUT2D eigenvalue weighted by Crippen LogP contribution is 2.29. The van der Waals surface area contributed by atoms with Gasteiger partial charge in [0.15, 0.2) is 5.13 Å². The number of halogens is 1. The van der Waals surface area contributed by atoms with E-state index in [1.807, 2.05) is 0 Å². The fourth-order valence-corrected chi connectivity index (χ4v) is 2.25. The van der Waals surface area contributed by atoms with Crippen molar-refractivity contribution >= 4 is 22.4 Å². The maximum Gasteiger partial charge on any atom is 0.240 e. The summed E-state index contributed by atoms with van der Waals surface area (Å²) in [5, 5.41) is 12.8. The summed E-state index contributed by atoms with van der Waals surface area (Å²) in [4.78, 5) is 15.4. The molecule has 0 atom stereocenters. The highest BCUT2D eigenvalue weighted by atomic mass is 32.1. The summed E-state index contributed by atoms with van der Waals surface area (Å²) in [6.45, 7) is 0. The molecule has 0 aliphatic carbocycles. The van der Waals surface area contributed by atoms with Crippen molar-refractivity contribution in [3.63, 3.8) is 0 Å². The fourth-order valence-electron chi connectivity index (χ4n) is 1.52. The molecule has 1 heterocycles. The molecule has 7 heteroatoms. The lowest BCUT2D eigenvalue weighted by Crippen LogP contribution is -2.09. The lowest BCUT2D eigenvalue weighted by atomic mass is 10.1. The Balaban J connectivity index is 2.21. The van der Waals surface area contributed by atoms with Crippen LogP contribution < -0.4 is 10.1 Å². The van der Waals surface area contributed by atoms with Crippen LogP contribution in [0.3, 0.4) is 0 Å². The average molecular weight is 291 g/mol. The largest absolute Gasteiger partial charge is 0.497 e. The van der Waals surface area contributed by atoms with Gasteiger partial charge < -0.3 is 10.1 Å². The van der Waals surface area contributed by atoms with Crippen molar-refractivity contribution < 1.29 is 13.9 Å². The summed E-state index contributed by atoms with van der Waals surface area (Å²) >= 11 is 1.17. The van der Waals surface area contributed by atoms with Gasteiger partial charge in [0.05, 0.1) is 18.9 Å². The molecule has 0 spiro atoms. The van der Waals surface area contributed by atoms with Gasteiger partial charge in [-0.3, -0.25) is 4.79 Å². The summed E-state index contributed by atoms with van der Waals surface area (Å²) in [6, 6.07) is 6.20. The first kappa shape index (κ1) is 14.0. The zero-order valence-electron chi connectivity index (χ0n) is 10.5. The molecule has 20 heavy (non-hydrogen) atoms. The molecule has 0 fully saturated rings. The van der Waals surface area contributed by atoms with Crippen LogP contribution in [0, 0.1) is 17.1 Å². The molecule has 0 saturated carbocycles. The molecule has 0 aliphatic rings. The highest BCUT2D eigenvalue weighted by Gasteiger charge is 2.11. The second kappa shape index (κ2) is 6.12. The Labute approximate surface area is 118 Å². The van der Waals surface area contributed by atoms with E-state index >= 15 is 0 Å². The molecule has 2 aromatic rings. The van der Waals surface area contributed by atoms with Crippen LogP contribution in [0.15, 0.2) is 23.6 Å². The third kappa shape index (κ3) is 3.10. The molecule has 5 nitrogen and oxygen atoms in total. The third-order valence-corrected chi connectivity index (χ3v) is 3.20. The highest BCUT2D eigenvalue weighted by molar-refractivity contribution is 7.14. The van der Waals surface area contributed by atoms with Gasteiger partial charge in [0, 0.05) is 17.0 Å². The molecule has 1 N–H and O–H groups in total. The van der Waals surface area contributed by atoms with Crippen LogP contribution >= 0.6 is 11.3 Å². The molecule has 2 rings (SSSR count). The van der Waals surface area contributed by atoms with Gasteiger partial charge >= 0.3 is 0 Å². The van der Waals surface area contributed by atoms with Crippen molar-refractivity contribution in [3.05, 3.63) is 29.4 Å². The second-order valence-electron chi connectivity index (χ2n) is 3.77. The summed E-state index contributed by atoms with van der Waals surface area (Å²) in [6.07, 6.45) is -0.244. The minimum absolute atomic E-state index is 0.244. The van der Waals surface area contributed by atoms with Crippen LogP contribution in [0.4, 0.5) is 9.52 Å². The topological polar surface area (TPSA) is 75.0 Å². The molecule has 0 saturated heterocycles. The van der Waals surface area contributed by atoms with Gasteiger partial charge in [-0.05, 0) is 12.1 Å². The summed E-state index contributed by atoms with van der Waals surface area (Å²) in [5.41, 5.74) is 0.741. The first-order valence-electron chi connectivity index (χ1n) is 5.60. The Bertz CT molecular complexity index is 678. The molecule has 1 aromatic carbocycles. The number of hydrogen-bond donors (Lipinski definition) is 1. The molecule has 1 amide bonds. The third-order valence-electron chi connectivity index (χ3n) is 2.44. The van der Waals surface area contributed by atoms with Crippen LogP contribution in [0.5, 0.6) is 5.75 Å². The van der Waals surface area contributed by atoms with Gasteiger partial charge in [0.1, 0.15) is 18.0 Å². The number of thiazole rings is 1. The standard InChI is InChI=1S/C13H10FN3O2S/c1-19-8-2-3-9(10(14)6-8)11-7-20-13(16-11)17-12(18)4-5-15/h2-3,6-7H,4H2,1H3,(H,16,17,18). The number of methoxy groups -OCH3 is 1. The quantitative estimate of drug-likeness (QED) is 0.939. The van der Waals surface area contributed by atoms with E-state index in [-0.39, 0.29) is 6.42 Å². The normalized spacial score (nSPS) is 9.85. The smallest absolute Gasteiger partial charge is 0.240 e. The molecule has 0 unspecified atom stereocenters. The Morgan fingerprint density at radius 3 is 3.05 bits per heavy atom. The Morgan fingerprint density at radius 2 is 2.40 bits per heavy atom. The van der Waals surface area contributed by atoms with Crippen molar-refractivity contribution in [3.8, 4) is 23.1 Å². The fraction of sp³-hybridized carbons (Fsp3) is 0.154. The van der Waals surface area contributed by atoms with E-state index in [0.717, 1.165) is 0 Å². The van der Waals surface area contributed by atoms with Gasteiger partial charge in [0.2, 0.25) is 5.91 Å². The van der Waals surface area contributed by atoms with Gasteiger partial charge in [0.25, 0.3) is 0 Å². The molecule has 0 bridgehead atoms. The van der Waals surface area contributed by atoms with Crippen LogP contribution in [-0.2, 0) is 4.79 Å². The van der Waals surface area contributed by atoms with E-state index in [0.29, 0.717) is 22.1 Å². The van der Waals surface area contributed by atoms with E-state index < -0.39 is 11.7 Å². The van der Waals surface area contributed by atoms with Gasteiger partial charge in [-0.15, -0.1) is 11.3 Å². The number of carbonyl (C=O) groups is 1. The molecule has 0 radical (unpaired) electrons. The van der Waals surface area contributed by atoms with Crippen LogP contribution in [0.25, 0.3) is 11.3 Å². The van der Waals surface area contributed by atoms with E-state index in [1.54, 1.807) is 23.6 Å². The summed E-state index contributed by atoms with van der Waals surface area (Å²) in [7, 11) is 1.46. The van der Waals surface area contributed by atoms with E-state index in [4.69, 9.17) is 10.00 Å². The summed E-state index contributed by atoms with van der Waals surface area (Å²) in [5.74, 6) is -0.475. The van der Waals surface area contributed by atoms with Gasteiger partial charge in [-0.25, -0.2) is 9.37 Å². The van der Waals surface area contributed by atoms with Gasteiger partial charge in [-0.2, -0.15) is 5.26 Å². The van der Waals surface area contributed by atoms with Crippen molar-refractivity contribution in [2.45, 2.75) is 6.42 Å². The van der Waals surface area contributed by atoms with Crippen molar-refractivity contribution in [2.75, 3.05) is 12.4 Å². The van der Waals surface area contributed by atoms with E-state index in [1.165, 1.54) is 24.5 Å². The number of aromatic nitrogens is 1. The molecule has 102 valence electrons. The minimum Gasteiger partial charge on any atom is -0.497 e. The Hall–Kier alpha value is -2.46. The monoisotopic (exact) mass is 291 g/mol. The number of nitriles is 1. The van der Waals surface area contributed by atoms with Crippen LogP contribution in [0.2, 0.25) is 0 Å². The molecule has 0 aliphatic heterocycles. The number of anilines is 1. The van der Waals surface area contributed by atoms with E-state index in [9.17, 15) is 9.18 Å². The van der Waals surface area contributed by atoms with Crippen molar-refractivity contribution in [1.29, 1.82) is 5.26 Å². The zero-order chi connectivity index (χ0) is 14.5. The van der Waals surface area contributed by atoms with Crippen LogP contribution in [-0.4, -0.2) is 18.0 Å². The minimum atomic E-state index is -0.454. The lowest BCUT2D eigenvalue weighted by molar-refractivity contribution is -0.115. The number of carbonyl (C=O) groups excluding carboxylic acids is 1. The maximum atomic E-state index is 13.9. The van der Waals surface area contributed by atoms with Gasteiger partial charge in [-0.1, -0.05) is 0 Å². The number of nitrogens with one attached hydrogen (secondary N) is 1. The first-order chi connectivity index (χ1) is 9.63. The number of rotatable bonds is 4. The Morgan fingerprint density at radius 1 is 1.60 bits per heavy atom. The van der Waals surface area contributed by atoms with Crippen molar-refractivity contribution in [2.24, 2.45) is 0 Å². The maximum absolute atomic E-state index is 13.9. The molecule has 1 aromatic heterocycles. The number of hydrogen-bond acceptors (Lipinski definition) is 5. The second-order valence-corrected chi connectivity index (χ2v) is 4.62. The molecular weight excluding hydrogens is 281 g/mol. The predicted molar refractivity (Wildman–Crippen MR) is 72.9 cm³/mol. The summed E-state index contributed by atoms with van der Waals surface area (Å²) < 4.78 is 18.8. The number of amides is 1. The molecular formula is C13H10FN3O2S. The number of ether oxygens (including phenoxy) is 1. The SMILES string of the molecule is COc1ccc(-c2csc(NC(=O)CC#N)n2)c(F)c1. The number of nitrogens with zero attached hydrogens (tertiary/aromatic N) is 2. The zero-order valence-corrected chi connectivity index (χ0v) is 11.3. The number of benzene rings is 1. The lowest BCUT2D eigenvalue weighted by Gasteiger charge is -2.03. The van der Waals surface area contributed by atoms with E-state index in [2.05, 4.69) is 10.3 Å². The van der Waals surface area contributed by atoms with Crippen LogP contribution in [0.1, 0.15) is 6.42 Å². The average Bonchev–Trinajstić information content (AvgIpc) is 2.86. The first-order valence-corrected chi connectivity index (χ1v) is 6.48.